The van der Waals surface area contributed by atoms with Crippen molar-refractivity contribution in [2.75, 3.05) is 30.5 Å². The Morgan fingerprint density at radius 3 is 1.38 bits per heavy atom. The number of phenolic OH excluding ortho intramolecular Hbond substituents is 1. The molecule has 0 bridgehead atoms. The van der Waals surface area contributed by atoms with Gasteiger partial charge in [-0.05, 0) is 66.0 Å². The largest absolute Gasteiger partial charge is 0.744 e. The molecular weight excluding hydrogens is 879 g/mol. The van der Waals surface area contributed by atoms with E-state index in [-0.39, 0.29) is 16.3 Å². The van der Waals surface area contributed by atoms with Crippen molar-refractivity contribution in [3.8, 4) is 5.75 Å². The average molecular weight is 901 g/mol. The second-order valence-electron chi connectivity index (χ2n) is 10.7. The van der Waals surface area contributed by atoms with Crippen LogP contribution < -0.4 is 5.73 Å². The first-order chi connectivity index (χ1) is 25.6. The van der Waals surface area contributed by atoms with Crippen LogP contribution >= 0.6 is 0 Å². The summed E-state index contributed by atoms with van der Waals surface area (Å²) in [6.45, 7) is -1.91. The van der Waals surface area contributed by atoms with E-state index < -0.39 is 134 Å². The highest BCUT2D eigenvalue weighted by Gasteiger charge is 2.25. The summed E-state index contributed by atoms with van der Waals surface area (Å²) < 4.78 is 193. The molecule has 24 nitrogen and oxygen atoms in total. The van der Waals surface area contributed by atoms with Crippen molar-refractivity contribution in [2.24, 2.45) is 20.5 Å². The summed E-state index contributed by atoms with van der Waals surface area (Å²) in [5, 5.41) is 24.6. The van der Waals surface area contributed by atoms with Gasteiger partial charge in [0.2, 0.25) is 10.4 Å². The first-order valence-corrected chi connectivity index (χ1v) is 23.2. The quantitative estimate of drug-likeness (QED) is 0.0622. The molecule has 4 rings (SSSR count). The van der Waals surface area contributed by atoms with E-state index in [1.807, 2.05) is 0 Å². The lowest BCUT2D eigenvalue weighted by Crippen LogP contribution is -2.15. The van der Waals surface area contributed by atoms with E-state index in [1.54, 1.807) is 0 Å². The maximum Gasteiger partial charge on any atom is 0.397 e. The summed E-state index contributed by atoms with van der Waals surface area (Å²) in [5.74, 6) is -2.98. The molecule has 0 aliphatic rings. The summed E-state index contributed by atoms with van der Waals surface area (Å²) >= 11 is 0. The summed E-state index contributed by atoms with van der Waals surface area (Å²) in [4.78, 5) is -3.25. The van der Waals surface area contributed by atoms with Gasteiger partial charge < -0.3 is 24.5 Å². The molecule has 0 fully saturated rings. The lowest BCUT2D eigenvalue weighted by atomic mass is 10.1. The highest BCUT2D eigenvalue weighted by Crippen LogP contribution is 2.48. The number of benzene rings is 4. The number of nitrogens with zero attached hydrogens (tertiary/aromatic N) is 4. The molecule has 0 radical (unpaired) electrons. The molecule has 0 unspecified atom stereocenters. The topological polar surface area (TPSA) is 408 Å². The molecule has 0 atom stereocenters. The normalized spacial score (nSPS) is 13.6. The molecule has 4 aromatic rings. The summed E-state index contributed by atoms with van der Waals surface area (Å²) in [7, 11) is -29.5. The van der Waals surface area contributed by atoms with E-state index in [2.05, 4.69) is 28.8 Å². The molecule has 30 heteroatoms. The van der Waals surface area contributed by atoms with Gasteiger partial charge in [-0.15, -0.1) is 10.2 Å². The van der Waals surface area contributed by atoms with Gasteiger partial charge in [0.25, 0.3) is 0 Å². The highest BCUT2D eigenvalue weighted by molar-refractivity contribution is 7.91. The van der Waals surface area contributed by atoms with Crippen LogP contribution in [0.2, 0.25) is 0 Å². The molecule has 56 heavy (non-hydrogen) atoms. The van der Waals surface area contributed by atoms with Crippen LogP contribution in [0.25, 0.3) is 10.8 Å². The minimum absolute atomic E-state index is 0.180. The fraction of sp³-hybridized carbons (Fsp3) is 0.154. The third-order valence-electron chi connectivity index (χ3n) is 6.94. The van der Waals surface area contributed by atoms with Gasteiger partial charge in [0, 0.05) is 0 Å². The van der Waals surface area contributed by atoms with Gasteiger partial charge in [-0.3, -0.25) is 8.74 Å². The Bertz CT molecular complexity index is 2740. The second kappa shape index (κ2) is 16.1. The summed E-state index contributed by atoms with van der Waals surface area (Å²) in [5.41, 5.74) is 2.95. The number of phenols is 1. The van der Waals surface area contributed by atoms with Crippen molar-refractivity contribution in [3.63, 3.8) is 0 Å². The molecule has 0 aliphatic carbocycles. The number of hydrogen-bond donors (Lipinski definition) is 3. The summed E-state index contributed by atoms with van der Waals surface area (Å²) in [6.07, 6.45) is 0. The highest BCUT2D eigenvalue weighted by atomic mass is 32.3. The van der Waals surface area contributed by atoms with Gasteiger partial charge in [-0.2, -0.15) is 18.6 Å². The van der Waals surface area contributed by atoms with Crippen LogP contribution in [0.5, 0.6) is 5.75 Å². The van der Waals surface area contributed by atoms with Gasteiger partial charge in [0.05, 0.1) is 66.7 Å². The fourth-order valence-electron chi connectivity index (χ4n) is 4.48. The predicted octanol–water partition coefficient (Wildman–Crippen LogP) is 1.61. The van der Waals surface area contributed by atoms with E-state index in [0.29, 0.717) is 12.1 Å². The first-order valence-electron chi connectivity index (χ1n) is 14.3. The van der Waals surface area contributed by atoms with Crippen molar-refractivity contribution in [1.29, 1.82) is 0 Å². The zero-order chi connectivity index (χ0) is 42.1. The van der Waals surface area contributed by atoms with Crippen LogP contribution in [0.4, 0.5) is 28.4 Å². The zero-order valence-electron chi connectivity index (χ0n) is 27.3. The lowest BCUT2D eigenvalue weighted by Gasteiger charge is -2.18. The molecule has 304 valence electrons. The molecule has 0 aromatic heterocycles. The third-order valence-corrected chi connectivity index (χ3v) is 12.9. The van der Waals surface area contributed by atoms with Crippen molar-refractivity contribution >= 4 is 99.9 Å². The molecule has 0 saturated heterocycles. The van der Waals surface area contributed by atoms with E-state index in [4.69, 9.17) is 10.3 Å². The third kappa shape index (κ3) is 11.3. The van der Waals surface area contributed by atoms with Crippen molar-refractivity contribution in [1.82, 2.24) is 0 Å². The maximum atomic E-state index is 12.4. The maximum absolute atomic E-state index is 12.4. The monoisotopic (exact) mass is 900 g/mol. The van der Waals surface area contributed by atoms with Crippen molar-refractivity contribution < 1.29 is 82.2 Å². The SMILES string of the molecule is Nc1c(N=Nc2ccc(S(=O)(=O)CCOS(=O)(=O)O)cc2)c(S(=O)(=O)[O-])cc2cc(S(=O)(=O)[O-])c(N=Nc3ccc(S(=O)(=O)CCOS(=O)(=O)[O-])cc3)c(O)c12. The molecule has 0 aliphatic heterocycles. The Kier molecular flexibility index (Phi) is 12.7. The molecule has 0 saturated carbocycles. The minimum Gasteiger partial charge on any atom is -0.744 e. The molecule has 0 spiro atoms. The van der Waals surface area contributed by atoms with Crippen LogP contribution in [-0.2, 0) is 69.1 Å². The van der Waals surface area contributed by atoms with Crippen molar-refractivity contribution in [3.05, 3.63) is 60.7 Å². The standard InChI is InChI=1S/C26H25N5O19S6/c27-23-22-15(13-20(53(37,38)39)24(23)30-28-16-1-5-18(6-2-16)51(33,34)11-9-49-55(43,44)45)14-21(54(40,41)42)25(26(22)32)31-29-17-3-7-19(8-4-17)52(35,36)12-10-50-56(46,47)48/h1-8,13-14,32H,9-12,27H2,(H,37,38,39)(H,40,41,42)(H,43,44,45)(H,46,47,48)/p-3. The molecule has 0 amide bonds. The second-order valence-corrected chi connectivity index (χ2v) is 19.8. The number of nitrogens with two attached hydrogens (primary N) is 1. The number of nitrogen functional groups attached to an aromatic ring is 1. The van der Waals surface area contributed by atoms with Gasteiger partial charge in [0.15, 0.2) is 25.4 Å². The minimum atomic E-state index is -5.56. The van der Waals surface area contributed by atoms with Crippen LogP contribution in [0, 0.1) is 0 Å². The smallest absolute Gasteiger partial charge is 0.397 e. The Hall–Kier alpha value is -4.60. The van der Waals surface area contributed by atoms with Crippen LogP contribution in [-0.4, -0.2) is 98.5 Å². The van der Waals surface area contributed by atoms with Gasteiger partial charge in [-0.1, -0.05) is 0 Å². The number of sulfone groups is 2. The molecule has 0 heterocycles. The number of azo groups is 2. The number of anilines is 1. The van der Waals surface area contributed by atoms with Crippen molar-refractivity contribution in [2.45, 2.75) is 19.6 Å². The number of aromatic hydroxyl groups is 1. The average Bonchev–Trinajstić information content (AvgIpc) is 3.05. The van der Waals surface area contributed by atoms with Gasteiger partial charge in [0.1, 0.15) is 31.6 Å². The van der Waals surface area contributed by atoms with Crippen LogP contribution in [0.1, 0.15) is 0 Å². The zero-order valence-corrected chi connectivity index (χ0v) is 32.2. The molecule has 4 N–H and O–H groups in total. The molecule has 4 aromatic carbocycles. The lowest BCUT2D eigenvalue weighted by molar-refractivity contribution is 0.275. The van der Waals surface area contributed by atoms with Gasteiger partial charge in [-0.25, -0.2) is 46.3 Å². The number of hydrogen-bond acceptors (Lipinski definition) is 23. The van der Waals surface area contributed by atoms with E-state index in [1.165, 1.54) is 0 Å². The summed E-state index contributed by atoms with van der Waals surface area (Å²) in [6, 6.07) is 9.04. The predicted molar refractivity (Wildman–Crippen MR) is 184 cm³/mol. The first kappa shape index (κ1) is 44.1. The van der Waals surface area contributed by atoms with E-state index in [0.717, 1.165) is 48.5 Å². The van der Waals surface area contributed by atoms with Crippen LogP contribution in [0.3, 0.4) is 0 Å². The Morgan fingerprint density at radius 1 is 0.589 bits per heavy atom. The fourth-order valence-corrected chi connectivity index (χ4v) is 8.75. The van der Waals surface area contributed by atoms with Crippen LogP contribution in [0.15, 0.2) is 101 Å². The molecular formula is C26H22N5O19S6-3. The Balaban J connectivity index is 1.76. The Labute approximate surface area is 317 Å². The van der Waals surface area contributed by atoms with E-state index in [9.17, 15) is 69.3 Å². The number of rotatable bonds is 16. The van der Waals surface area contributed by atoms with E-state index >= 15 is 0 Å². The Morgan fingerprint density at radius 2 is 0.982 bits per heavy atom. The van der Waals surface area contributed by atoms with Gasteiger partial charge >= 0.3 is 10.4 Å². The number of fused-ring (bicyclic) bond motifs is 1.